The van der Waals surface area contributed by atoms with E-state index in [1.54, 1.807) is 7.11 Å². The maximum Gasteiger partial charge on any atom is 0.309 e. The number of benzene rings is 2. The molecular weight excluding hydrogens is 322 g/mol. The van der Waals surface area contributed by atoms with Crippen molar-refractivity contribution in [3.63, 3.8) is 0 Å². The number of carboxylic acid groups (broad SMARTS) is 1. The highest BCUT2D eigenvalue weighted by atomic mass is 16.7. The molecule has 3 atom stereocenters. The zero-order valence-electron chi connectivity index (χ0n) is 13.8. The summed E-state index contributed by atoms with van der Waals surface area (Å²) in [5.74, 6) is 0.616. The van der Waals surface area contributed by atoms with Crippen LogP contribution in [-0.4, -0.2) is 31.5 Å². The monoisotopic (exact) mass is 341 g/mol. The molecule has 0 spiro atoms. The SMILES string of the molecule is COc1ccc([C@H]2NCC(c3ccc4c(c3)OCO4)C2C(=O)O)cc1. The molecule has 2 heterocycles. The van der Waals surface area contributed by atoms with Crippen LogP contribution in [0.1, 0.15) is 23.1 Å². The summed E-state index contributed by atoms with van der Waals surface area (Å²) in [6.45, 7) is 0.797. The van der Waals surface area contributed by atoms with E-state index in [0.29, 0.717) is 18.0 Å². The average Bonchev–Trinajstić information content (AvgIpc) is 3.27. The van der Waals surface area contributed by atoms with E-state index in [0.717, 1.165) is 16.9 Å². The summed E-state index contributed by atoms with van der Waals surface area (Å²) in [6.07, 6.45) is 0. The third-order valence-corrected chi connectivity index (χ3v) is 4.94. The van der Waals surface area contributed by atoms with E-state index in [4.69, 9.17) is 14.2 Å². The van der Waals surface area contributed by atoms with Crippen LogP contribution in [0.15, 0.2) is 42.5 Å². The molecule has 2 aliphatic rings. The third kappa shape index (κ3) is 2.78. The molecule has 0 aliphatic carbocycles. The lowest BCUT2D eigenvalue weighted by atomic mass is 9.83. The number of nitrogens with one attached hydrogen (secondary N) is 1. The second kappa shape index (κ2) is 6.29. The van der Waals surface area contributed by atoms with E-state index in [-0.39, 0.29) is 18.8 Å². The van der Waals surface area contributed by atoms with Crippen LogP contribution >= 0.6 is 0 Å². The van der Waals surface area contributed by atoms with Gasteiger partial charge in [0.15, 0.2) is 11.5 Å². The van der Waals surface area contributed by atoms with Crippen LogP contribution < -0.4 is 19.5 Å². The van der Waals surface area contributed by atoms with Gasteiger partial charge >= 0.3 is 5.97 Å². The number of aliphatic carboxylic acids is 1. The third-order valence-electron chi connectivity index (χ3n) is 4.94. The van der Waals surface area contributed by atoms with Gasteiger partial charge in [-0.25, -0.2) is 0 Å². The minimum absolute atomic E-state index is 0.140. The first-order valence-electron chi connectivity index (χ1n) is 8.17. The van der Waals surface area contributed by atoms with E-state index in [9.17, 15) is 9.90 Å². The summed E-state index contributed by atoms with van der Waals surface area (Å²) in [7, 11) is 1.61. The van der Waals surface area contributed by atoms with Crippen molar-refractivity contribution in [2.75, 3.05) is 20.4 Å². The van der Waals surface area contributed by atoms with Crippen LogP contribution in [0, 0.1) is 5.92 Å². The molecule has 25 heavy (non-hydrogen) atoms. The van der Waals surface area contributed by atoms with Crippen molar-refractivity contribution in [2.24, 2.45) is 5.92 Å². The summed E-state index contributed by atoms with van der Waals surface area (Å²) in [5, 5.41) is 13.2. The standard InChI is InChI=1S/C19H19NO5/c1-23-13-5-2-11(3-6-13)18-17(19(21)22)14(9-20-18)12-4-7-15-16(8-12)25-10-24-15/h2-8,14,17-18,20H,9-10H2,1H3,(H,21,22)/t14?,17?,18-/m1/s1. The maximum atomic E-state index is 12.0. The minimum Gasteiger partial charge on any atom is -0.497 e. The lowest BCUT2D eigenvalue weighted by Gasteiger charge is -2.21. The lowest BCUT2D eigenvalue weighted by molar-refractivity contribution is -0.142. The number of hydrogen-bond donors (Lipinski definition) is 2. The largest absolute Gasteiger partial charge is 0.497 e. The van der Waals surface area contributed by atoms with Crippen molar-refractivity contribution in [2.45, 2.75) is 12.0 Å². The summed E-state index contributed by atoms with van der Waals surface area (Å²) in [5.41, 5.74) is 1.89. The van der Waals surface area contributed by atoms with Crippen molar-refractivity contribution < 1.29 is 24.1 Å². The Hall–Kier alpha value is -2.73. The van der Waals surface area contributed by atoms with Gasteiger partial charge in [0.1, 0.15) is 5.75 Å². The highest BCUT2D eigenvalue weighted by molar-refractivity contribution is 5.73. The molecule has 0 aromatic heterocycles. The molecule has 0 saturated carbocycles. The molecule has 1 saturated heterocycles. The van der Waals surface area contributed by atoms with E-state index in [1.807, 2.05) is 42.5 Å². The number of carboxylic acids is 1. The van der Waals surface area contributed by atoms with Crippen LogP contribution in [0.25, 0.3) is 0 Å². The lowest BCUT2D eigenvalue weighted by Crippen LogP contribution is -2.25. The number of ether oxygens (including phenoxy) is 3. The quantitative estimate of drug-likeness (QED) is 0.890. The molecule has 6 nitrogen and oxygen atoms in total. The Balaban J connectivity index is 1.64. The predicted octanol–water partition coefficient (Wildman–Crippen LogP) is 2.55. The Bertz CT molecular complexity index is 789. The molecular formula is C19H19NO5. The Morgan fingerprint density at radius 2 is 1.84 bits per heavy atom. The van der Waals surface area contributed by atoms with Crippen LogP contribution in [-0.2, 0) is 4.79 Å². The van der Waals surface area contributed by atoms with Gasteiger partial charge in [0.2, 0.25) is 6.79 Å². The second-order valence-electron chi connectivity index (χ2n) is 6.24. The number of rotatable bonds is 4. The van der Waals surface area contributed by atoms with Crippen LogP contribution in [0.4, 0.5) is 0 Å². The Morgan fingerprint density at radius 3 is 2.56 bits per heavy atom. The topological polar surface area (TPSA) is 77.0 Å². The maximum absolute atomic E-state index is 12.0. The highest BCUT2D eigenvalue weighted by Gasteiger charge is 2.42. The van der Waals surface area contributed by atoms with Crippen molar-refractivity contribution in [1.29, 1.82) is 0 Å². The summed E-state index contributed by atoms with van der Waals surface area (Å²) >= 11 is 0. The molecule has 130 valence electrons. The Labute approximate surface area is 145 Å². The van der Waals surface area contributed by atoms with Gasteiger partial charge in [-0.3, -0.25) is 4.79 Å². The van der Waals surface area contributed by atoms with Gasteiger partial charge in [-0.05, 0) is 35.4 Å². The van der Waals surface area contributed by atoms with Crippen molar-refractivity contribution >= 4 is 5.97 Å². The first-order chi connectivity index (χ1) is 12.2. The predicted molar refractivity (Wildman–Crippen MR) is 90.2 cm³/mol. The fourth-order valence-corrected chi connectivity index (χ4v) is 3.66. The average molecular weight is 341 g/mol. The zero-order valence-corrected chi connectivity index (χ0v) is 13.8. The molecule has 2 unspecified atom stereocenters. The molecule has 0 bridgehead atoms. The first kappa shape index (κ1) is 15.8. The number of carbonyl (C=O) groups is 1. The Kier molecular flexibility index (Phi) is 3.97. The first-order valence-corrected chi connectivity index (χ1v) is 8.17. The van der Waals surface area contributed by atoms with Crippen LogP contribution in [0.2, 0.25) is 0 Å². The summed E-state index contributed by atoms with van der Waals surface area (Å²) in [4.78, 5) is 12.0. The molecule has 2 aromatic rings. The van der Waals surface area contributed by atoms with Crippen LogP contribution in [0.3, 0.4) is 0 Å². The van der Waals surface area contributed by atoms with Gasteiger partial charge < -0.3 is 24.6 Å². The molecule has 2 aliphatic heterocycles. The number of hydrogen-bond acceptors (Lipinski definition) is 5. The Morgan fingerprint density at radius 1 is 1.12 bits per heavy atom. The van der Waals surface area contributed by atoms with E-state index < -0.39 is 11.9 Å². The van der Waals surface area contributed by atoms with Crippen molar-refractivity contribution in [3.8, 4) is 17.2 Å². The van der Waals surface area contributed by atoms with Gasteiger partial charge in [0.05, 0.1) is 13.0 Å². The molecule has 2 aromatic carbocycles. The van der Waals surface area contributed by atoms with Crippen molar-refractivity contribution in [1.82, 2.24) is 5.32 Å². The summed E-state index contributed by atoms with van der Waals surface area (Å²) in [6, 6.07) is 12.9. The molecule has 2 N–H and O–H groups in total. The fraction of sp³-hybridized carbons (Fsp3) is 0.316. The second-order valence-corrected chi connectivity index (χ2v) is 6.24. The van der Waals surface area contributed by atoms with Crippen LogP contribution in [0.5, 0.6) is 17.2 Å². The van der Waals surface area contributed by atoms with E-state index >= 15 is 0 Å². The normalized spacial score (nSPS) is 24.3. The summed E-state index contributed by atoms with van der Waals surface area (Å²) < 4.78 is 15.9. The zero-order chi connectivity index (χ0) is 17.4. The van der Waals surface area contributed by atoms with Gasteiger partial charge in [-0.15, -0.1) is 0 Å². The van der Waals surface area contributed by atoms with Gasteiger partial charge in [-0.2, -0.15) is 0 Å². The smallest absolute Gasteiger partial charge is 0.309 e. The van der Waals surface area contributed by atoms with E-state index in [1.165, 1.54) is 0 Å². The molecule has 0 amide bonds. The minimum atomic E-state index is -0.812. The van der Waals surface area contributed by atoms with Gasteiger partial charge in [0.25, 0.3) is 0 Å². The molecule has 0 radical (unpaired) electrons. The van der Waals surface area contributed by atoms with E-state index in [2.05, 4.69) is 5.32 Å². The number of fused-ring (bicyclic) bond motifs is 1. The highest BCUT2D eigenvalue weighted by Crippen LogP contribution is 2.43. The molecule has 6 heteroatoms. The number of methoxy groups -OCH3 is 1. The fourth-order valence-electron chi connectivity index (χ4n) is 3.66. The molecule has 4 rings (SSSR count). The molecule has 1 fully saturated rings. The van der Waals surface area contributed by atoms with Gasteiger partial charge in [0, 0.05) is 18.5 Å². The van der Waals surface area contributed by atoms with Gasteiger partial charge in [-0.1, -0.05) is 18.2 Å². The van der Waals surface area contributed by atoms with Crippen molar-refractivity contribution in [3.05, 3.63) is 53.6 Å².